The van der Waals surface area contributed by atoms with Crippen molar-refractivity contribution in [2.24, 2.45) is 11.7 Å². The van der Waals surface area contributed by atoms with E-state index in [0.717, 1.165) is 46.1 Å². The Bertz CT molecular complexity index is 1060. The van der Waals surface area contributed by atoms with Gasteiger partial charge in [-0.1, -0.05) is 0 Å². The molecule has 1 heterocycles. The first-order valence-corrected chi connectivity index (χ1v) is 10.0. The van der Waals surface area contributed by atoms with Crippen molar-refractivity contribution in [3.05, 3.63) is 54.5 Å². The zero-order valence-corrected chi connectivity index (χ0v) is 17.6. The van der Waals surface area contributed by atoms with Crippen LogP contribution in [0.4, 0.5) is 11.4 Å². The molecule has 0 bridgehead atoms. The molecule has 0 spiro atoms. The van der Waals surface area contributed by atoms with Crippen molar-refractivity contribution in [3.8, 4) is 11.5 Å². The predicted octanol–water partition coefficient (Wildman–Crippen LogP) is 3.67. The van der Waals surface area contributed by atoms with Crippen LogP contribution in [-0.2, 0) is 0 Å². The van der Waals surface area contributed by atoms with E-state index in [1.807, 2.05) is 31.3 Å². The number of anilines is 2. The minimum absolute atomic E-state index is 0.686. The van der Waals surface area contributed by atoms with E-state index < -0.39 is 0 Å². The summed E-state index contributed by atoms with van der Waals surface area (Å²) in [6.07, 6.45) is 5.73. The molecular formula is C23H27N5O2. The van der Waals surface area contributed by atoms with Gasteiger partial charge in [-0.15, -0.1) is 0 Å². The molecule has 0 saturated heterocycles. The second-order valence-corrected chi connectivity index (χ2v) is 7.38. The van der Waals surface area contributed by atoms with Crippen LogP contribution >= 0.6 is 0 Å². The molecule has 2 aromatic carbocycles. The summed E-state index contributed by atoms with van der Waals surface area (Å²) < 4.78 is 11.0. The Hall–Kier alpha value is -3.48. The van der Waals surface area contributed by atoms with Crippen molar-refractivity contribution in [2.75, 3.05) is 32.7 Å². The van der Waals surface area contributed by atoms with Crippen LogP contribution in [0.25, 0.3) is 16.7 Å². The number of nitrogens with zero attached hydrogens (tertiary/aromatic N) is 3. The number of ether oxygens (including phenoxy) is 2. The molecule has 7 nitrogen and oxygen atoms in total. The maximum Gasteiger partial charge on any atom is 0.124 e. The van der Waals surface area contributed by atoms with E-state index in [-0.39, 0.29) is 0 Å². The fourth-order valence-corrected chi connectivity index (χ4v) is 3.46. The van der Waals surface area contributed by atoms with Gasteiger partial charge < -0.3 is 25.4 Å². The molecule has 1 aliphatic rings. The molecule has 1 aliphatic carbocycles. The van der Waals surface area contributed by atoms with Crippen LogP contribution in [0, 0.1) is 5.92 Å². The molecular weight excluding hydrogens is 378 g/mol. The Morgan fingerprint density at radius 2 is 1.83 bits per heavy atom. The lowest BCUT2D eigenvalue weighted by atomic mass is 10.1. The third kappa shape index (κ3) is 4.10. The first kappa shape index (κ1) is 19.8. The van der Waals surface area contributed by atoms with Gasteiger partial charge in [0.05, 0.1) is 37.1 Å². The van der Waals surface area contributed by atoms with E-state index >= 15 is 0 Å². The van der Waals surface area contributed by atoms with Gasteiger partial charge in [0.25, 0.3) is 0 Å². The predicted molar refractivity (Wildman–Crippen MR) is 120 cm³/mol. The van der Waals surface area contributed by atoms with Crippen molar-refractivity contribution >= 4 is 28.1 Å². The summed E-state index contributed by atoms with van der Waals surface area (Å²) in [7, 11) is 5.15. The summed E-state index contributed by atoms with van der Waals surface area (Å²) in [5.41, 5.74) is 10.9. The molecule has 3 N–H and O–H groups in total. The number of hydrogen-bond acceptors (Lipinski definition) is 7. The maximum atomic E-state index is 5.71. The number of fused-ring (bicyclic) bond motifs is 1. The average Bonchev–Trinajstić information content (AvgIpc) is 3.61. The standard InChI is InChI=1S/C23H27N5O2/c1-25-22(12-24)23-13-26-20-7-6-16(10-21(20)27-23)28(14-15-4-5-15)17-8-18(29-2)11-19(9-17)30-3/h6-13,15,25H,4-5,14,24H2,1-3H3/b22-12-. The molecule has 0 aliphatic heterocycles. The highest BCUT2D eigenvalue weighted by atomic mass is 16.5. The van der Waals surface area contributed by atoms with Crippen molar-refractivity contribution in [2.45, 2.75) is 12.8 Å². The lowest BCUT2D eigenvalue weighted by molar-refractivity contribution is 0.394. The minimum Gasteiger partial charge on any atom is -0.497 e. The molecule has 7 heteroatoms. The van der Waals surface area contributed by atoms with Crippen molar-refractivity contribution in [3.63, 3.8) is 0 Å². The van der Waals surface area contributed by atoms with E-state index in [9.17, 15) is 0 Å². The molecule has 156 valence electrons. The second-order valence-electron chi connectivity index (χ2n) is 7.38. The van der Waals surface area contributed by atoms with Crippen LogP contribution in [0.15, 0.2) is 48.8 Å². The van der Waals surface area contributed by atoms with Gasteiger partial charge in [-0.2, -0.15) is 0 Å². The quantitative estimate of drug-likeness (QED) is 0.591. The van der Waals surface area contributed by atoms with Crippen LogP contribution in [0.2, 0.25) is 0 Å². The number of nitrogens with one attached hydrogen (secondary N) is 1. The van der Waals surface area contributed by atoms with E-state index in [1.165, 1.54) is 19.0 Å². The zero-order chi connectivity index (χ0) is 21.1. The highest BCUT2D eigenvalue weighted by Crippen LogP contribution is 2.38. The molecule has 1 saturated carbocycles. The van der Waals surface area contributed by atoms with Gasteiger partial charge in [0.2, 0.25) is 0 Å². The Labute approximate surface area is 176 Å². The van der Waals surface area contributed by atoms with Gasteiger partial charge >= 0.3 is 0 Å². The third-order valence-electron chi connectivity index (χ3n) is 5.34. The molecule has 0 unspecified atom stereocenters. The first-order chi connectivity index (χ1) is 14.6. The molecule has 4 rings (SSSR count). The minimum atomic E-state index is 0.686. The molecule has 30 heavy (non-hydrogen) atoms. The van der Waals surface area contributed by atoms with E-state index in [2.05, 4.69) is 27.3 Å². The summed E-state index contributed by atoms with van der Waals surface area (Å²) in [6, 6.07) is 12.1. The second kappa shape index (κ2) is 8.49. The topological polar surface area (TPSA) is 85.5 Å². The van der Waals surface area contributed by atoms with Gasteiger partial charge in [-0.05, 0) is 37.0 Å². The number of benzene rings is 2. The highest BCUT2D eigenvalue weighted by molar-refractivity contribution is 5.82. The molecule has 3 aromatic rings. The Kier molecular flexibility index (Phi) is 5.61. The summed E-state index contributed by atoms with van der Waals surface area (Å²) in [4.78, 5) is 11.6. The van der Waals surface area contributed by atoms with Crippen LogP contribution in [0.3, 0.4) is 0 Å². The number of hydrogen-bond donors (Lipinski definition) is 2. The smallest absolute Gasteiger partial charge is 0.124 e. The van der Waals surface area contributed by atoms with Crippen LogP contribution < -0.4 is 25.4 Å². The number of aromatic nitrogens is 2. The van der Waals surface area contributed by atoms with Gasteiger partial charge in [-0.3, -0.25) is 4.98 Å². The van der Waals surface area contributed by atoms with Gasteiger partial charge in [0.1, 0.15) is 17.2 Å². The number of rotatable bonds is 8. The molecule has 1 aromatic heterocycles. The lowest BCUT2D eigenvalue weighted by Crippen LogP contribution is -2.20. The average molecular weight is 406 g/mol. The van der Waals surface area contributed by atoms with E-state index in [4.69, 9.17) is 20.2 Å². The zero-order valence-electron chi connectivity index (χ0n) is 17.6. The summed E-state index contributed by atoms with van der Waals surface area (Å²) in [6.45, 7) is 0.930. The SMILES string of the molecule is CN/C(=C\N)c1cnc2ccc(N(CC3CC3)c3cc(OC)cc(OC)c3)cc2n1. The summed E-state index contributed by atoms with van der Waals surface area (Å²) in [5, 5.41) is 3.05. The largest absolute Gasteiger partial charge is 0.497 e. The summed E-state index contributed by atoms with van der Waals surface area (Å²) >= 11 is 0. The number of nitrogens with two attached hydrogens (primary N) is 1. The summed E-state index contributed by atoms with van der Waals surface area (Å²) in [5.74, 6) is 2.21. The fraction of sp³-hybridized carbons (Fsp3) is 0.304. The van der Waals surface area contributed by atoms with Crippen molar-refractivity contribution in [1.82, 2.24) is 15.3 Å². The Morgan fingerprint density at radius 3 is 2.43 bits per heavy atom. The first-order valence-electron chi connectivity index (χ1n) is 10.0. The molecule has 0 atom stereocenters. The third-order valence-corrected chi connectivity index (χ3v) is 5.34. The molecule has 0 amide bonds. The molecule has 1 fully saturated rings. The Morgan fingerprint density at radius 1 is 1.10 bits per heavy atom. The number of methoxy groups -OCH3 is 2. The monoisotopic (exact) mass is 405 g/mol. The van der Waals surface area contributed by atoms with Gasteiger partial charge in [0.15, 0.2) is 0 Å². The van der Waals surface area contributed by atoms with E-state index in [1.54, 1.807) is 20.4 Å². The molecule has 0 radical (unpaired) electrons. The highest BCUT2D eigenvalue weighted by Gasteiger charge is 2.26. The maximum absolute atomic E-state index is 5.71. The van der Waals surface area contributed by atoms with Crippen LogP contribution in [0.1, 0.15) is 18.5 Å². The van der Waals surface area contributed by atoms with Gasteiger partial charge in [0, 0.05) is 49.4 Å². The Balaban J connectivity index is 1.79. The van der Waals surface area contributed by atoms with Crippen molar-refractivity contribution < 1.29 is 9.47 Å². The van der Waals surface area contributed by atoms with Crippen molar-refractivity contribution in [1.29, 1.82) is 0 Å². The fourth-order valence-electron chi connectivity index (χ4n) is 3.46. The van der Waals surface area contributed by atoms with Gasteiger partial charge in [-0.25, -0.2) is 4.98 Å². The van der Waals surface area contributed by atoms with E-state index in [0.29, 0.717) is 11.6 Å². The normalized spacial score (nSPS) is 13.9. The van der Waals surface area contributed by atoms with Crippen LogP contribution in [0.5, 0.6) is 11.5 Å². The lowest BCUT2D eigenvalue weighted by Gasteiger charge is -2.26. The van der Waals surface area contributed by atoms with Crippen LogP contribution in [-0.4, -0.2) is 37.8 Å².